The van der Waals surface area contributed by atoms with Crippen molar-refractivity contribution >= 4 is 10.9 Å². The fraction of sp³-hybridized carbons (Fsp3) is 0.250. The summed E-state index contributed by atoms with van der Waals surface area (Å²) in [6.07, 6.45) is 1.87. The number of ether oxygens (including phenoxy) is 1. The molecule has 0 atom stereocenters. The lowest BCUT2D eigenvalue weighted by Crippen LogP contribution is -2.04. The maximum Gasteiger partial charge on any atom is 0.121 e. The van der Waals surface area contributed by atoms with Crippen LogP contribution in [0, 0.1) is 12.8 Å². The number of hydrogen-bond acceptors (Lipinski definition) is 2. The topological polar surface area (TPSA) is 22.1 Å². The highest BCUT2D eigenvalue weighted by Crippen LogP contribution is 2.31. The standard InChI is InChI=1S/C20H21NO/c1-14(2)13-22-16-8-9-19-18(10-11-21-20(19)12-16)17-7-5-4-6-15(17)3/h4-12,14H,13H2,1-3H3. The summed E-state index contributed by atoms with van der Waals surface area (Å²) < 4.78 is 5.80. The molecule has 0 radical (unpaired) electrons. The van der Waals surface area contributed by atoms with Crippen LogP contribution in [0.25, 0.3) is 22.0 Å². The first kappa shape index (κ1) is 14.6. The van der Waals surface area contributed by atoms with E-state index in [1.807, 2.05) is 18.3 Å². The molecule has 0 saturated heterocycles. The molecule has 3 rings (SSSR count). The molecular weight excluding hydrogens is 270 g/mol. The number of nitrogens with zero attached hydrogens (tertiary/aromatic N) is 1. The van der Waals surface area contributed by atoms with E-state index in [-0.39, 0.29) is 0 Å². The van der Waals surface area contributed by atoms with E-state index in [0.29, 0.717) is 5.92 Å². The Hall–Kier alpha value is -2.35. The Labute approximate surface area is 131 Å². The predicted octanol–water partition coefficient (Wildman–Crippen LogP) is 5.25. The van der Waals surface area contributed by atoms with Crippen LogP contribution in [0.3, 0.4) is 0 Å². The third-order valence-electron chi connectivity index (χ3n) is 3.73. The molecule has 0 bridgehead atoms. The minimum atomic E-state index is 0.516. The van der Waals surface area contributed by atoms with Crippen LogP contribution in [0.2, 0.25) is 0 Å². The van der Waals surface area contributed by atoms with E-state index in [1.165, 1.54) is 16.7 Å². The average molecular weight is 291 g/mol. The Bertz CT molecular complexity index is 793. The van der Waals surface area contributed by atoms with Gasteiger partial charge in [0.15, 0.2) is 0 Å². The van der Waals surface area contributed by atoms with E-state index in [1.54, 1.807) is 0 Å². The number of aromatic nitrogens is 1. The molecule has 0 fully saturated rings. The fourth-order valence-corrected chi connectivity index (χ4v) is 2.59. The summed E-state index contributed by atoms with van der Waals surface area (Å²) in [5, 5.41) is 1.16. The molecular formula is C20H21NO. The van der Waals surface area contributed by atoms with Crippen LogP contribution in [-0.2, 0) is 0 Å². The molecule has 1 heterocycles. The van der Waals surface area contributed by atoms with Crippen LogP contribution in [0.15, 0.2) is 54.7 Å². The van der Waals surface area contributed by atoms with E-state index in [4.69, 9.17) is 4.74 Å². The zero-order chi connectivity index (χ0) is 15.5. The average Bonchev–Trinajstić information content (AvgIpc) is 2.52. The first-order valence-corrected chi connectivity index (χ1v) is 7.72. The molecule has 112 valence electrons. The van der Waals surface area contributed by atoms with Crippen molar-refractivity contribution in [3.05, 3.63) is 60.3 Å². The van der Waals surface area contributed by atoms with Gasteiger partial charge < -0.3 is 4.74 Å². The van der Waals surface area contributed by atoms with Crippen LogP contribution < -0.4 is 4.74 Å². The van der Waals surface area contributed by atoms with Crippen molar-refractivity contribution in [2.24, 2.45) is 5.92 Å². The summed E-state index contributed by atoms with van der Waals surface area (Å²) in [4.78, 5) is 4.50. The first-order valence-electron chi connectivity index (χ1n) is 7.72. The highest BCUT2D eigenvalue weighted by Gasteiger charge is 2.08. The molecule has 1 aromatic heterocycles. The van der Waals surface area contributed by atoms with Gasteiger partial charge in [0.25, 0.3) is 0 Å². The van der Waals surface area contributed by atoms with Crippen molar-refractivity contribution in [1.29, 1.82) is 0 Å². The number of benzene rings is 2. The number of rotatable bonds is 4. The molecule has 2 heteroatoms. The van der Waals surface area contributed by atoms with Gasteiger partial charge in [-0.05, 0) is 47.7 Å². The van der Waals surface area contributed by atoms with Crippen molar-refractivity contribution in [3.63, 3.8) is 0 Å². The van der Waals surface area contributed by atoms with Gasteiger partial charge in [0, 0.05) is 17.6 Å². The van der Waals surface area contributed by atoms with E-state index in [0.717, 1.165) is 23.3 Å². The Kier molecular flexibility index (Phi) is 4.10. The second-order valence-corrected chi connectivity index (χ2v) is 6.06. The maximum atomic E-state index is 5.80. The lowest BCUT2D eigenvalue weighted by Gasteiger charge is -2.12. The summed E-state index contributed by atoms with van der Waals surface area (Å²) in [6.45, 7) is 7.16. The molecule has 0 unspecified atom stereocenters. The molecule has 0 aliphatic rings. The van der Waals surface area contributed by atoms with Crippen molar-refractivity contribution in [1.82, 2.24) is 4.98 Å². The highest BCUT2D eigenvalue weighted by atomic mass is 16.5. The van der Waals surface area contributed by atoms with Crippen molar-refractivity contribution in [2.45, 2.75) is 20.8 Å². The second-order valence-electron chi connectivity index (χ2n) is 6.06. The molecule has 2 nitrogen and oxygen atoms in total. The normalized spacial score (nSPS) is 11.1. The molecule has 22 heavy (non-hydrogen) atoms. The maximum absolute atomic E-state index is 5.80. The first-order chi connectivity index (χ1) is 10.6. The SMILES string of the molecule is Cc1ccccc1-c1ccnc2cc(OCC(C)C)ccc12. The van der Waals surface area contributed by atoms with Crippen LogP contribution in [-0.4, -0.2) is 11.6 Å². The van der Waals surface area contributed by atoms with Crippen molar-refractivity contribution in [2.75, 3.05) is 6.61 Å². The van der Waals surface area contributed by atoms with Crippen LogP contribution in [0.5, 0.6) is 5.75 Å². The summed E-state index contributed by atoms with van der Waals surface area (Å²) in [5.41, 5.74) is 4.72. The van der Waals surface area contributed by atoms with Gasteiger partial charge >= 0.3 is 0 Å². The fourth-order valence-electron chi connectivity index (χ4n) is 2.59. The van der Waals surface area contributed by atoms with Crippen LogP contribution in [0.4, 0.5) is 0 Å². The second kappa shape index (κ2) is 6.18. The third kappa shape index (κ3) is 2.96. The van der Waals surface area contributed by atoms with Crippen molar-refractivity contribution in [3.8, 4) is 16.9 Å². The molecule has 0 aliphatic carbocycles. The molecule has 0 aliphatic heterocycles. The summed E-state index contributed by atoms with van der Waals surface area (Å²) >= 11 is 0. The Balaban J connectivity index is 2.05. The Morgan fingerprint density at radius 2 is 1.82 bits per heavy atom. The summed E-state index contributed by atoms with van der Waals surface area (Å²) in [7, 11) is 0. The minimum absolute atomic E-state index is 0.516. The van der Waals surface area contributed by atoms with Gasteiger partial charge in [-0.3, -0.25) is 4.98 Å². The summed E-state index contributed by atoms with van der Waals surface area (Å²) in [6, 6.07) is 16.7. The van der Waals surface area contributed by atoms with Gasteiger partial charge in [0.2, 0.25) is 0 Å². The van der Waals surface area contributed by atoms with Gasteiger partial charge in [-0.2, -0.15) is 0 Å². The lowest BCUT2D eigenvalue weighted by atomic mass is 9.97. The molecule has 0 amide bonds. The summed E-state index contributed by atoms with van der Waals surface area (Å²) in [5.74, 6) is 1.40. The van der Waals surface area contributed by atoms with E-state index in [9.17, 15) is 0 Å². The van der Waals surface area contributed by atoms with Gasteiger partial charge in [0.05, 0.1) is 12.1 Å². The smallest absolute Gasteiger partial charge is 0.121 e. The van der Waals surface area contributed by atoms with E-state index < -0.39 is 0 Å². The minimum Gasteiger partial charge on any atom is -0.493 e. The Morgan fingerprint density at radius 3 is 2.59 bits per heavy atom. The van der Waals surface area contributed by atoms with Crippen molar-refractivity contribution < 1.29 is 4.74 Å². The van der Waals surface area contributed by atoms with Gasteiger partial charge in [-0.15, -0.1) is 0 Å². The molecule has 0 saturated carbocycles. The van der Waals surface area contributed by atoms with Gasteiger partial charge in [-0.25, -0.2) is 0 Å². The highest BCUT2D eigenvalue weighted by molar-refractivity contribution is 5.95. The van der Waals surface area contributed by atoms with Gasteiger partial charge in [0.1, 0.15) is 5.75 Å². The van der Waals surface area contributed by atoms with E-state index >= 15 is 0 Å². The third-order valence-corrected chi connectivity index (χ3v) is 3.73. The number of hydrogen-bond donors (Lipinski definition) is 0. The number of fused-ring (bicyclic) bond motifs is 1. The molecule has 2 aromatic carbocycles. The largest absolute Gasteiger partial charge is 0.493 e. The number of pyridine rings is 1. The monoisotopic (exact) mass is 291 g/mol. The zero-order valence-electron chi connectivity index (χ0n) is 13.3. The van der Waals surface area contributed by atoms with Crippen LogP contribution in [0.1, 0.15) is 19.4 Å². The van der Waals surface area contributed by atoms with Gasteiger partial charge in [-0.1, -0.05) is 38.1 Å². The quantitative estimate of drug-likeness (QED) is 0.655. The lowest BCUT2D eigenvalue weighted by molar-refractivity contribution is 0.271. The molecule has 0 N–H and O–H groups in total. The van der Waals surface area contributed by atoms with E-state index in [2.05, 4.69) is 62.2 Å². The number of aryl methyl sites for hydroxylation is 1. The molecule has 3 aromatic rings. The zero-order valence-corrected chi connectivity index (χ0v) is 13.3. The predicted molar refractivity (Wildman–Crippen MR) is 92.2 cm³/mol. The molecule has 0 spiro atoms. The Morgan fingerprint density at radius 1 is 1.00 bits per heavy atom. The van der Waals surface area contributed by atoms with Crippen LogP contribution >= 0.6 is 0 Å².